The van der Waals surface area contributed by atoms with Crippen molar-refractivity contribution < 1.29 is 24.2 Å². The van der Waals surface area contributed by atoms with Gasteiger partial charge in [0.25, 0.3) is 0 Å². The van der Waals surface area contributed by atoms with E-state index in [4.69, 9.17) is 19.0 Å². The number of aliphatic hydroxyl groups excluding tert-OH is 1. The molecule has 0 amide bonds. The van der Waals surface area contributed by atoms with Gasteiger partial charge in [-0.15, -0.1) is 0 Å². The molecular formula is C13H15NO5. The van der Waals surface area contributed by atoms with E-state index in [1.807, 2.05) is 6.07 Å². The second-order valence-electron chi connectivity index (χ2n) is 4.42. The van der Waals surface area contributed by atoms with Crippen molar-refractivity contribution in [3.8, 4) is 17.2 Å². The Morgan fingerprint density at radius 2 is 2.05 bits per heavy atom. The first-order chi connectivity index (χ1) is 9.28. The highest BCUT2D eigenvalue weighted by Gasteiger charge is 2.40. The molecule has 0 saturated carbocycles. The van der Waals surface area contributed by atoms with Crippen molar-refractivity contribution in [2.45, 2.75) is 6.10 Å². The van der Waals surface area contributed by atoms with Crippen molar-refractivity contribution in [2.24, 2.45) is 11.1 Å². The molecular weight excluding hydrogens is 250 g/mol. The molecule has 0 aromatic heterocycles. The standard InChI is InChI=1S/C13H15NO5/c1-16-10-3-7-9(4-11(10)17-2)18-6-8-12(5-15)19-14-13(7)8/h3-4,8,12,15H,5-6H2,1-2H3/t8-,12-/m0/s1. The maximum absolute atomic E-state index is 9.24. The van der Waals surface area contributed by atoms with Gasteiger partial charge >= 0.3 is 0 Å². The Hall–Kier alpha value is -1.95. The fraction of sp³-hybridized carbons (Fsp3) is 0.462. The number of fused-ring (bicyclic) bond motifs is 3. The monoisotopic (exact) mass is 265 g/mol. The normalized spacial score (nSPS) is 23.6. The van der Waals surface area contributed by atoms with Crippen LogP contribution >= 0.6 is 0 Å². The summed E-state index contributed by atoms with van der Waals surface area (Å²) in [7, 11) is 3.16. The highest BCUT2D eigenvalue weighted by molar-refractivity contribution is 6.06. The molecule has 1 N–H and O–H groups in total. The van der Waals surface area contributed by atoms with Gasteiger partial charge in [0.1, 0.15) is 18.1 Å². The number of hydrogen-bond acceptors (Lipinski definition) is 6. The van der Waals surface area contributed by atoms with Crippen LogP contribution in [0.4, 0.5) is 0 Å². The Morgan fingerprint density at radius 1 is 1.32 bits per heavy atom. The molecule has 1 aromatic rings. The second kappa shape index (κ2) is 4.62. The summed E-state index contributed by atoms with van der Waals surface area (Å²) in [5, 5.41) is 13.3. The van der Waals surface area contributed by atoms with Gasteiger partial charge in [-0.25, -0.2) is 0 Å². The number of benzene rings is 1. The average molecular weight is 265 g/mol. The van der Waals surface area contributed by atoms with Crippen LogP contribution in [0.1, 0.15) is 5.56 Å². The van der Waals surface area contributed by atoms with E-state index < -0.39 is 0 Å². The summed E-state index contributed by atoms with van der Waals surface area (Å²) >= 11 is 0. The van der Waals surface area contributed by atoms with Gasteiger partial charge in [0, 0.05) is 11.6 Å². The van der Waals surface area contributed by atoms with Crippen LogP contribution in [0.15, 0.2) is 17.3 Å². The van der Waals surface area contributed by atoms with E-state index in [0.717, 1.165) is 11.3 Å². The lowest BCUT2D eigenvalue weighted by Crippen LogP contribution is -2.35. The summed E-state index contributed by atoms with van der Waals surface area (Å²) < 4.78 is 16.2. The number of oxime groups is 1. The molecule has 3 rings (SSSR count). The molecule has 2 heterocycles. The predicted octanol–water partition coefficient (Wildman–Crippen LogP) is 0.808. The summed E-state index contributed by atoms with van der Waals surface area (Å²) in [4.78, 5) is 5.22. The Balaban J connectivity index is 2.04. The summed E-state index contributed by atoms with van der Waals surface area (Å²) in [6.45, 7) is 0.357. The summed E-state index contributed by atoms with van der Waals surface area (Å²) in [5.74, 6) is 1.86. The number of hydrogen-bond donors (Lipinski definition) is 1. The smallest absolute Gasteiger partial charge is 0.164 e. The molecule has 0 spiro atoms. The van der Waals surface area contributed by atoms with Crippen molar-refractivity contribution in [1.29, 1.82) is 0 Å². The SMILES string of the molecule is COc1cc2c(cc1OC)C1=NO[C@@H](CO)[C@@H]1CO2. The molecule has 2 aliphatic rings. The lowest BCUT2D eigenvalue weighted by atomic mass is 9.90. The number of nitrogens with zero attached hydrogens (tertiary/aromatic N) is 1. The van der Waals surface area contributed by atoms with Crippen molar-refractivity contribution >= 4 is 5.71 Å². The zero-order chi connectivity index (χ0) is 13.4. The minimum Gasteiger partial charge on any atom is -0.493 e. The molecule has 0 unspecified atom stereocenters. The third-order valence-electron chi connectivity index (χ3n) is 3.45. The van der Waals surface area contributed by atoms with Gasteiger partial charge in [-0.05, 0) is 6.07 Å². The summed E-state index contributed by atoms with van der Waals surface area (Å²) in [5.41, 5.74) is 1.62. The zero-order valence-electron chi connectivity index (χ0n) is 10.8. The highest BCUT2D eigenvalue weighted by atomic mass is 16.7. The van der Waals surface area contributed by atoms with Crippen LogP contribution in [0.3, 0.4) is 0 Å². The Bertz CT molecular complexity index is 528. The van der Waals surface area contributed by atoms with E-state index >= 15 is 0 Å². The third-order valence-corrected chi connectivity index (χ3v) is 3.45. The minimum atomic E-state index is -0.337. The Labute approximate surface area is 110 Å². The molecule has 19 heavy (non-hydrogen) atoms. The molecule has 6 nitrogen and oxygen atoms in total. The van der Waals surface area contributed by atoms with Crippen LogP contribution in [-0.2, 0) is 4.84 Å². The molecule has 1 aromatic carbocycles. The van der Waals surface area contributed by atoms with Crippen LogP contribution < -0.4 is 14.2 Å². The lowest BCUT2D eigenvalue weighted by molar-refractivity contribution is 0.00845. The molecule has 2 aliphatic heterocycles. The van der Waals surface area contributed by atoms with Crippen LogP contribution in [0.5, 0.6) is 17.2 Å². The van der Waals surface area contributed by atoms with Gasteiger partial charge in [0.2, 0.25) is 0 Å². The van der Waals surface area contributed by atoms with Crippen molar-refractivity contribution in [2.75, 3.05) is 27.4 Å². The number of rotatable bonds is 3. The van der Waals surface area contributed by atoms with Crippen LogP contribution in [0.25, 0.3) is 0 Å². The van der Waals surface area contributed by atoms with Gasteiger partial charge in [-0.2, -0.15) is 0 Å². The van der Waals surface area contributed by atoms with Crippen molar-refractivity contribution in [3.63, 3.8) is 0 Å². The minimum absolute atomic E-state index is 0.0457. The molecule has 0 aliphatic carbocycles. The number of ether oxygens (including phenoxy) is 3. The quantitative estimate of drug-likeness (QED) is 0.875. The number of aliphatic hydroxyl groups is 1. The maximum atomic E-state index is 9.24. The third kappa shape index (κ3) is 1.79. The molecule has 102 valence electrons. The van der Waals surface area contributed by atoms with Crippen molar-refractivity contribution in [1.82, 2.24) is 0 Å². The van der Waals surface area contributed by atoms with E-state index in [1.54, 1.807) is 20.3 Å². The largest absolute Gasteiger partial charge is 0.493 e. The lowest BCUT2D eigenvalue weighted by Gasteiger charge is -2.25. The highest BCUT2D eigenvalue weighted by Crippen LogP contribution is 2.40. The first-order valence-corrected chi connectivity index (χ1v) is 6.02. The van der Waals surface area contributed by atoms with Crippen LogP contribution in [-0.4, -0.2) is 44.4 Å². The average Bonchev–Trinajstić information content (AvgIpc) is 2.88. The summed E-state index contributed by atoms with van der Waals surface area (Å²) in [6, 6.07) is 3.60. The van der Waals surface area contributed by atoms with E-state index in [1.165, 1.54) is 0 Å². The van der Waals surface area contributed by atoms with Gasteiger partial charge < -0.3 is 24.2 Å². The second-order valence-corrected chi connectivity index (χ2v) is 4.42. The van der Waals surface area contributed by atoms with Gasteiger partial charge in [-0.3, -0.25) is 0 Å². The predicted molar refractivity (Wildman–Crippen MR) is 67.0 cm³/mol. The topological polar surface area (TPSA) is 69.5 Å². The fourth-order valence-electron chi connectivity index (χ4n) is 2.40. The maximum Gasteiger partial charge on any atom is 0.164 e. The van der Waals surface area contributed by atoms with Crippen molar-refractivity contribution in [3.05, 3.63) is 17.7 Å². The molecule has 0 bridgehead atoms. The van der Waals surface area contributed by atoms with E-state index in [-0.39, 0.29) is 18.6 Å². The van der Waals surface area contributed by atoms with E-state index in [9.17, 15) is 5.11 Å². The molecule has 6 heteroatoms. The van der Waals surface area contributed by atoms with Gasteiger partial charge in [0.05, 0.1) is 26.7 Å². The van der Waals surface area contributed by atoms with Crippen LogP contribution in [0, 0.1) is 5.92 Å². The number of methoxy groups -OCH3 is 2. The molecule has 0 radical (unpaired) electrons. The Morgan fingerprint density at radius 3 is 2.74 bits per heavy atom. The Kier molecular flexibility index (Phi) is 2.94. The molecule has 0 fully saturated rings. The summed E-state index contributed by atoms with van der Waals surface area (Å²) in [6.07, 6.45) is -0.337. The van der Waals surface area contributed by atoms with E-state index in [2.05, 4.69) is 5.16 Å². The van der Waals surface area contributed by atoms with Crippen LogP contribution in [0.2, 0.25) is 0 Å². The van der Waals surface area contributed by atoms with Gasteiger partial charge in [0.15, 0.2) is 17.6 Å². The van der Waals surface area contributed by atoms with E-state index in [0.29, 0.717) is 23.9 Å². The van der Waals surface area contributed by atoms with Gasteiger partial charge in [-0.1, -0.05) is 5.16 Å². The first kappa shape index (κ1) is 12.1. The molecule has 0 saturated heterocycles. The molecule has 2 atom stereocenters. The fourth-order valence-corrected chi connectivity index (χ4v) is 2.40. The zero-order valence-corrected chi connectivity index (χ0v) is 10.8. The first-order valence-electron chi connectivity index (χ1n) is 6.02.